The highest BCUT2D eigenvalue weighted by Gasteiger charge is 2.16. The van der Waals surface area contributed by atoms with E-state index in [-0.39, 0.29) is 12.1 Å². The monoisotopic (exact) mass is 327 g/mol. The van der Waals surface area contributed by atoms with Crippen molar-refractivity contribution in [3.63, 3.8) is 0 Å². The van der Waals surface area contributed by atoms with Crippen molar-refractivity contribution in [2.24, 2.45) is 0 Å². The van der Waals surface area contributed by atoms with Gasteiger partial charge < -0.3 is 15.4 Å². The Bertz CT molecular complexity index is 701. The molecular weight excluding hydrogens is 306 g/mol. The van der Waals surface area contributed by atoms with Gasteiger partial charge >= 0.3 is 6.03 Å². The Hall–Kier alpha value is -2.67. The minimum absolute atomic E-state index is 0.147. The number of ether oxygens (including phenoxy) is 1. The van der Waals surface area contributed by atoms with Gasteiger partial charge in [-0.2, -0.15) is 0 Å². The maximum atomic E-state index is 12.1. The fourth-order valence-electron chi connectivity index (χ4n) is 2.74. The zero-order valence-corrected chi connectivity index (χ0v) is 13.6. The number of urea groups is 1. The Labute approximate surface area is 140 Å². The van der Waals surface area contributed by atoms with Crippen LogP contribution in [-0.4, -0.2) is 42.2 Å². The lowest BCUT2D eigenvalue weighted by atomic mass is 10.1. The summed E-state index contributed by atoms with van der Waals surface area (Å²) in [5, 5.41) is 8.98. The van der Waals surface area contributed by atoms with E-state index in [1.165, 1.54) is 6.33 Å². The van der Waals surface area contributed by atoms with Crippen LogP contribution in [0.5, 0.6) is 5.75 Å². The van der Waals surface area contributed by atoms with Crippen LogP contribution in [0.25, 0.3) is 11.3 Å². The van der Waals surface area contributed by atoms with Gasteiger partial charge in [-0.05, 0) is 31.5 Å². The summed E-state index contributed by atoms with van der Waals surface area (Å²) in [6.45, 7) is 1.80. The number of methoxy groups -OCH3 is 1. The molecule has 0 saturated carbocycles. The number of carbonyl (C=O) groups is 1. The number of hydrogen-bond acceptors (Lipinski definition) is 5. The summed E-state index contributed by atoms with van der Waals surface area (Å²) in [6, 6.07) is 9.22. The molecule has 1 fully saturated rings. The van der Waals surface area contributed by atoms with Gasteiger partial charge in [0.25, 0.3) is 0 Å². The second-order valence-electron chi connectivity index (χ2n) is 5.63. The number of nitrogens with zero attached hydrogens (tertiary/aromatic N) is 2. The number of nitrogens with one attached hydrogen (secondary N) is 3. The first-order valence-corrected chi connectivity index (χ1v) is 8.00. The molecule has 1 aliphatic heterocycles. The highest BCUT2D eigenvalue weighted by molar-refractivity contribution is 5.89. The van der Waals surface area contributed by atoms with Crippen LogP contribution in [0.3, 0.4) is 0 Å². The molecule has 0 aliphatic carbocycles. The lowest BCUT2D eigenvalue weighted by Gasteiger charge is -2.23. The first kappa shape index (κ1) is 16.2. The highest BCUT2D eigenvalue weighted by Crippen LogP contribution is 2.28. The third-order valence-corrected chi connectivity index (χ3v) is 3.92. The Morgan fingerprint density at radius 3 is 3.00 bits per heavy atom. The molecule has 3 rings (SSSR count). The largest absolute Gasteiger partial charge is 0.496 e. The van der Waals surface area contributed by atoms with Crippen LogP contribution in [0.15, 0.2) is 36.7 Å². The van der Waals surface area contributed by atoms with Crippen molar-refractivity contribution < 1.29 is 9.53 Å². The van der Waals surface area contributed by atoms with Gasteiger partial charge in [-0.1, -0.05) is 12.1 Å². The average molecular weight is 327 g/mol. The van der Waals surface area contributed by atoms with Crippen molar-refractivity contribution in [1.82, 2.24) is 20.6 Å². The van der Waals surface area contributed by atoms with E-state index >= 15 is 0 Å². The van der Waals surface area contributed by atoms with Crippen LogP contribution >= 0.6 is 0 Å². The highest BCUT2D eigenvalue weighted by atomic mass is 16.5. The second kappa shape index (κ2) is 7.74. The van der Waals surface area contributed by atoms with Crippen molar-refractivity contribution in [3.8, 4) is 17.0 Å². The summed E-state index contributed by atoms with van der Waals surface area (Å²) < 4.78 is 5.35. The molecule has 1 aromatic heterocycles. The molecule has 3 N–H and O–H groups in total. The van der Waals surface area contributed by atoms with Crippen LogP contribution in [-0.2, 0) is 0 Å². The number of benzene rings is 1. The van der Waals surface area contributed by atoms with Crippen LogP contribution in [0.4, 0.5) is 10.6 Å². The van der Waals surface area contributed by atoms with Gasteiger partial charge in [0.2, 0.25) is 0 Å². The summed E-state index contributed by atoms with van der Waals surface area (Å²) in [5.41, 5.74) is 1.54. The third kappa shape index (κ3) is 3.99. The lowest BCUT2D eigenvalue weighted by molar-refractivity contribution is 0.245. The minimum atomic E-state index is -0.256. The average Bonchev–Trinajstić information content (AvgIpc) is 2.62. The molecule has 1 unspecified atom stereocenters. The van der Waals surface area contributed by atoms with E-state index in [4.69, 9.17) is 4.74 Å². The Morgan fingerprint density at radius 2 is 2.21 bits per heavy atom. The second-order valence-corrected chi connectivity index (χ2v) is 5.63. The predicted molar refractivity (Wildman–Crippen MR) is 92.1 cm³/mol. The zero-order valence-electron chi connectivity index (χ0n) is 13.6. The van der Waals surface area contributed by atoms with E-state index in [1.807, 2.05) is 24.3 Å². The Kier molecular flexibility index (Phi) is 5.22. The van der Waals surface area contributed by atoms with Crippen molar-refractivity contribution in [3.05, 3.63) is 36.7 Å². The van der Waals surface area contributed by atoms with Crippen molar-refractivity contribution in [1.29, 1.82) is 0 Å². The van der Waals surface area contributed by atoms with Crippen molar-refractivity contribution in [2.45, 2.75) is 18.9 Å². The predicted octanol–water partition coefficient (Wildman–Crippen LogP) is 2.03. The molecule has 2 amide bonds. The summed E-state index contributed by atoms with van der Waals surface area (Å²) in [5.74, 6) is 1.17. The minimum Gasteiger partial charge on any atom is -0.496 e. The molecule has 1 aromatic carbocycles. The summed E-state index contributed by atoms with van der Waals surface area (Å²) in [6.07, 6.45) is 3.48. The molecule has 1 saturated heterocycles. The molecule has 0 radical (unpaired) electrons. The van der Waals surface area contributed by atoms with Crippen LogP contribution < -0.4 is 20.7 Å². The molecule has 2 heterocycles. The van der Waals surface area contributed by atoms with Gasteiger partial charge in [-0.15, -0.1) is 0 Å². The van der Waals surface area contributed by atoms with Crippen LogP contribution in [0, 0.1) is 0 Å². The molecule has 0 bridgehead atoms. The smallest absolute Gasteiger partial charge is 0.320 e. The van der Waals surface area contributed by atoms with Crippen LogP contribution in [0.1, 0.15) is 12.8 Å². The first-order chi connectivity index (χ1) is 11.8. The molecule has 7 heteroatoms. The fourth-order valence-corrected chi connectivity index (χ4v) is 2.74. The number of aromatic nitrogens is 2. The van der Waals surface area contributed by atoms with Gasteiger partial charge in [0.05, 0.1) is 12.8 Å². The molecule has 0 spiro atoms. The van der Waals surface area contributed by atoms with Crippen molar-refractivity contribution in [2.75, 3.05) is 25.5 Å². The Balaban J connectivity index is 1.70. The van der Waals surface area contributed by atoms with E-state index in [0.717, 1.165) is 37.2 Å². The van der Waals surface area contributed by atoms with E-state index in [2.05, 4.69) is 25.9 Å². The van der Waals surface area contributed by atoms with Crippen molar-refractivity contribution >= 4 is 11.8 Å². The molecule has 1 aliphatic rings. The molecule has 126 valence electrons. The number of amides is 2. The summed E-state index contributed by atoms with van der Waals surface area (Å²) >= 11 is 0. The lowest BCUT2D eigenvalue weighted by Crippen LogP contribution is -2.47. The van der Waals surface area contributed by atoms with Gasteiger partial charge in [0, 0.05) is 24.2 Å². The number of para-hydroxylation sites is 1. The first-order valence-electron chi connectivity index (χ1n) is 8.00. The Morgan fingerprint density at radius 1 is 1.33 bits per heavy atom. The number of anilines is 1. The van der Waals surface area contributed by atoms with Gasteiger partial charge in [-0.3, -0.25) is 5.32 Å². The standard InChI is InChI=1S/C17H21N5O2/c1-24-15-7-3-2-6-13(15)14-9-16(20-11-19-14)22-17(23)21-12-5-4-8-18-10-12/h2-3,6-7,9,11-12,18H,4-5,8,10H2,1H3,(H2,19,20,21,22,23). The van der Waals surface area contributed by atoms with E-state index < -0.39 is 0 Å². The SMILES string of the molecule is COc1ccccc1-c1cc(NC(=O)NC2CCCNC2)ncn1. The van der Waals surface area contributed by atoms with Crippen LogP contribution in [0.2, 0.25) is 0 Å². The van der Waals surface area contributed by atoms with E-state index in [1.54, 1.807) is 13.2 Å². The van der Waals surface area contributed by atoms with Gasteiger partial charge in [-0.25, -0.2) is 14.8 Å². The molecule has 2 aromatic rings. The molecule has 1 atom stereocenters. The van der Waals surface area contributed by atoms with E-state index in [9.17, 15) is 4.79 Å². The third-order valence-electron chi connectivity index (χ3n) is 3.92. The maximum absolute atomic E-state index is 12.1. The summed E-state index contributed by atoms with van der Waals surface area (Å²) in [7, 11) is 1.62. The number of carbonyl (C=O) groups excluding carboxylic acids is 1. The zero-order chi connectivity index (χ0) is 16.8. The molecule has 7 nitrogen and oxygen atoms in total. The summed E-state index contributed by atoms with van der Waals surface area (Å²) in [4.78, 5) is 20.5. The topological polar surface area (TPSA) is 88.2 Å². The normalized spacial score (nSPS) is 17.1. The molecule has 24 heavy (non-hydrogen) atoms. The number of piperidine rings is 1. The number of hydrogen-bond donors (Lipinski definition) is 3. The van der Waals surface area contributed by atoms with Gasteiger partial charge in [0.15, 0.2) is 0 Å². The quantitative estimate of drug-likeness (QED) is 0.800. The molecular formula is C17H21N5O2. The van der Waals surface area contributed by atoms with Gasteiger partial charge in [0.1, 0.15) is 17.9 Å². The number of rotatable bonds is 4. The maximum Gasteiger partial charge on any atom is 0.320 e. The fraction of sp³-hybridized carbons (Fsp3) is 0.353. The van der Waals surface area contributed by atoms with E-state index in [0.29, 0.717) is 11.5 Å².